The zero-order chi connectivity index (χ0) is 19.8. The second-order valence-electron chi connectivity index (χ2n) is 6.69. The summed E-state index contributed by atoms with van der Waals surface area (Å²) in [5.74, 6) is 1.11. The normalized spacial score (nSPS) is 11.3. The number of phenols is 2. The van der Waals surface area contributed by atoms with Crippen LogP contribution in [0.3, 0.4) is 0 Å². The third-order valence-electron chi connectivity index (χ3n) is 4.31. The minimum Gasteiger partial charge on any atom is -0.508 e. The second-order valence-corrected chi connectivity index (χ2v) is 7.09. The summed E-state index contributed by atoms with van der Waals surface area (Å²) < 4.78 is 7.56. The predicted molar refractivity (Wildman–Crippen MR) is 111 cm³/mol. The number of benzene rings is 3. The smallest absolute Gasteiger partial charge is 0.193 e. The summed E-state index contributed by atoms with van der Waals surface area (Å²) in [6.45, 7) is 3.97. The van der Waals surface area contributed by atoms with Gasteiger partial charge in [-0.25, -0.2) is 0 Å². The van der Waals surface area contributed by atoms with Crippen LogP contribution in [0.4, 0.5) is 0 Å². The maximum atomic E-state index is 10.3. The molecule has 1 heterocycles. The van der Waals surface area contributed by atoms with Crippen LogP contribution < -0.4 is 4.74 Å². The lowest BCUT2D eigenvalue weighted by Gasteiger charge is -2.14. The lowest BCUT2D eigenvalue weighted by Crippen LogP contribution is -2.05. The number of rotatable bonds is 4. The van der Waals surface area contributed by atoms with Crippen molar-refractivity contribution >= 4 is 23.4 Å². The van der Waals surface area contributed by atoms with Gasteiger partial charge in [-0.2, -0.15) is 0 Å². The first-order chi connectivity index (χ1) is 13.4. The molecule has 0 radical (unpaired) electrons. The maximum Gasteiger partial charge on any atom is 0.193 e. The fourth-order valence-corrected chi connectivity index (χ4v) is 3.41. The van der Waals surface area contributed by atoms with Gasteiger partial charge in [0.25, 0.3) is 0 Å². The van der Waals surface area contributed by atoms with Gasteiger partial charge in [0, 0.05) is 11.5 Å². The highest BCUT2D eigenvalue weighted by molar-refractivity contribution is 7.80. The van der Waals surface area contributed by atoms with E-state index in [1.54, 1.807) is 10.6 Å². The van der Waals surface area contributed by atoms with Crippen LogP contribution in [0.15, 0.2) is 59.8 Å². The van der Waals surface area contributed by atoms with Gasteiger partial charge in [0.05, 0.1) is 17.4 Å². The highest BCUT2D eigenvalue weighted by Crippen LogP contribution is 2.35. The fraction of sp³-hybridized carbons (Fsp3) is 0.143. The van der Waals surface area contributed by atoms with E-state index in [0.717, 1.165) is 22.2 Å². The van der Waals surface area contributed by atoms with E-state index in [4.69, 9.17) is 4.74 Å². The van der Waals surface area contributed by atoms with Gasteiger partial charge in [-0.05, 0) is 55.6 Å². The van der Waals surface area contributed by atoms with E-state index in [2.05, 4.69) is 22.8 Å². The summed E-state index contributed by atoms with van der Waals surface area (Å²) in [6.07, 6.45) is 0.0894. The molecule has 0 amide bonds. The van der Waals surface area contributed by atoms with Gasteiger partial charge >= 0.3 is 0 Å². The predicted octanol–water partition coefficient (Wildman–Crippen LogP) is 4.57. The maximum absolute atomic E-state index is 10.3. The molecule has 0 bridgehead atoms. The molecule has 6 nitrogen and oxygen atoms in total. The Morgan fingerprint density at radius 2 is 1.82 bits per heavy atom. The van der Waals surface area contributed by atoms with Crippen LogP contribution in [0.2, 0.25) is 0 Å². The molecular formula is C21H19N3O3S. The lowest BCUT2D eigenvalue weighted by atomic mass is 10.1. The quantitative estimate of drug-likeness (QED) is 0.443. The molecule has 0 aliphatic carbocycles. The van der Waals surface area contributed by atoms with E-state index in [1.807, 2.05) is 50.2 Å². The third-order valence-corrected chi connectivity index (χ3v) is 4.60. The van der Waals surface area contributed by atoms with Crippen molar-refractivity contribution in [3.05, 3.63) is 54.6 Å². The SMILES string of the molecule is CC(C)Oc1ccc2c(-n3c(S)nnc3-c3ccc(O)cc3O)cccc2c1. The average molecular weight is 393 g/mol. The highest BCUT2D eigenvalue weighted by atomic mass is 32.1. The number of thiol groups is 1. The van der Waals surface area contributed by atoms with Crippen LogP contribution in [-0.4, -0.2) is 31.1 Å². The zero-order valence-corrected chi connectivity index (χ0v) is 16.3. The zero-order valence-electron chi connectivity index (χ0n) is 15.4. The summed E-state index contributed by atoms with van der Waals surface area (Å²) >= 11 is 4.46. The molecule has 4 aromatic rings. The number of hydrogen-bond donors (Lipinski definition) is 3. The molecule has 0 unspecified atom stereocenters. The van der Waals surface area contributed by atoms with Crippen LogP contribution in [0.1, 0.15) is 13.8 Å². The van der Waals surface area contributed by atoms with Gasteiger partial charge in [0.2, 0.25) is 0 Å². The average Bonchev–Trinajstić information content (AvgIpc) is 3.01. The van der Waals surface area contributed by atoms with Crippen LogP contribution in [0.5, 0.6) is 17.2 Å². The van der Waals surface area contributed by atoms with E-state index in [-0.39, 0.29) is 17.6 Å². The number of nitrogens with zero attached hydrogens (tertiary/aromatic N) is 3. The first-order valence-corrected chi connectivity index (χ1v) is 9.25. The number of fused-ring (bicyclic) bond motifs is 1. The van der Waals surface area contributed by atoms with Gasteiger partial charge in [0.15, 0.2) is 11.0 Å². The molecule has 28 heavy (non-hydrogen) atoms. The molecule has 0 saturated carbocycles. The Kier molecular flexibility index (Phi) is 4.60. The first-order valence-electron chi connectivity index (χ1n) is 8.80. The van der Waals surface area contributed by atoms with Gasteiger partial charge in [-0.3, -0.25) is 4.57 Å². The monoisotopic (exact) mass is 393 g/mol. The van der Waals surface area contributed by atoms with E-state index in [1.165, 1.54) is 12.1 Å². The van der Waals surface area contributed by atoms with E-state index in [0.29, 0.717) is 16.5 Å². The van der Waals surface area contributed by atoms with Crippen molar-refractivity contribution in [2.75, 3.05) is 0 Å². The Bertz CT molecular complexity index is 1170. The van der Waals surface area contributed by atoms with Crippen LogP contribution >= 0.6 is 12.6 Å². The highest BCUT2D eigenvalue weighted by Gasteiger charge is 2.18. The molecule has 142 valence electrons. The standard InChI is InChI=1S/C21H19N3O3S/c1-12(2)27-15-7-9-16-13(10-15)4-3-5-18(16)24-20(22-23-21(24)28)17-8-6-14(25)11-19(17)26/h3-12,25-26H,1-2H3,(H,23,28). The number of phenolic OH excluding ortho intramolecular Hbond substituents is 2. The Balaban J connectivity index is 1.90. The Hall–Kier alpha value is -3.19. The molecule has 0 saturated heterocycles. The van der Waals surface area contributed by atoms with Gasteiger partial charge in [0.1, 0.15) is 17.2 Å². The molecular weight excluding hydrogens is 374 g/mol. The molecule has 0 spiro atoms. The van der Waals surface area contributed by atoms with Crippen molar-refractivity contribution in [2.24, 2.45) is 0 Å². The van der Waals surface area contributed by atoms with E-state index < -0.39 is 0 Å². The van der Waals surface area contributed by atoms with Crippen molar-refractivity contribution < 1.29 is 14.9 Å². The summed E-state index contributed by atoms with van der Waals surface area (Å²) in [4.78, 5) is 0. The van der Waals surface area contributed by atoms with Crippen LogP contribution in [0, 0.1) is 0 Å². The van der Waals surface area contributed by atoms with Gasteiger partial charge in [-0.1, -0.05) is 12.1 Å². The molecule has 0 aliphatic rings. The number of ether oxygens (including phenoxy) is 1. The lowest BCUT2D eigenvalue weighted by molar-refractivity contribution is 0.243. The van der Waals surface area contributed by atoms with Crippen molar-refractivity contribution in [1.82, 2.24) is 14.8 Å². The van der Waals surface area contributed by atoms with Gasteiger partial charge < -0.3 is 14.9 Å². The molecule has 0 fully saturated rings. The first kappa shape index (κ1) is 18.2. The fourth-order valence-electron chi connectivity index (χ4n) is 3.17. The Morgan fingerprint density at radius 1 is 1.00 bits per heavy atom. The molecule has 1 aromatic heterocycles. The molecule has 4 rings (SSSR count). The van der Waals surface area contributed by atoms with Crippen LogP contribution in [-0.2, 0) is 0 Å². The minimum atomic E-state index is -0.0881. The molecule has 3 aromatic carbocycles. The summed E-state index contributed by atoms with van der Waals surface area (Å²) in [6, 6.07) is 16.1. The minimum absolute atomic E-state index is 0.0266. The molecule has 0 aliphatic heterocycles. The van der Waals surface area contributed by atoms with E-state index >= 15 is 0 Å². The summed E-state index contributed by atoms with van der Waals surface area (Å²) in [5, 5.41) is 30.5. The summed E-state index contributed by atoms with van der Waals surface area (Å²) in [5.41, 5.74) is 1.27. The third kappa shape index (κ3) is 3.25. The largest absolute Gasteiger partial charge is 0.508 e. The van der Waals surface area contributed by atoms with Crippen molar-refractivity contribution in [1.29, 1.82) is 0 Å². The number of hydrogen-bond acceptors (Lipinski definition) is 6. The Labute approximate surface area is 167 Å². The number of aromatic hydroxyl groups is 2. The van der Waals surface area contributed by atoms with Crippen molar-refractivity contribution in [3.63, 3.8) is 0 Å². The molecule has 0 atom stereocenters. The van der Waals surface area contributed by atoms with Crippen LogP contribution in [0.25, 0.3) is 27.8 Å². The second kappa shape index (κ2) is 7.09. The molecule has 7 heteroatoms. The van der Waals surface area contributed by atoms with Crippen molar-refractivity contribution in [3.8, 4) is 34.3 Å². The van der Waals surface area contributed by atoms with Gasteiger partial charge in [-0.15, -0.1) is 22.8 Å². The van der Waals surface area contributed by atoms with Crippen molar-refractivity contribution in [2.45, 2.75) is 25.1 Å². The number of aromatic nitrogens is 3. The van der Waals surface area contributed by atoms with E-state index in [9.17, 15) is 10.2 Å². The molecule has 2 N–H and O–H groups in total. The topological polar surface area (TPSA) is 80.4 Å². The Morgan fingerprint density at radius 3 is 2.57 bits per heavy atom. The summed E-state index contributed by atoms with van der Waals surface area (Å²) in [7, 11) is 0.